The Labute approximate surface area is 144 Å². The molecule has 1 fully saturated rings. The Morgan fingerprint density at radius 2 is 1.96 bits per heavy atom. The molecule has 5 heteroatoms. The van der Waals surface area contributed by atoms with Crippen molar-refractivity contribution in [3.8, 4) is 0 Å². The van der Waals surface area contributed by atoms with Crippen LogP contribution in [0.1, 0.15) is 51.1 Å². The minimum absolute atomic E-state index is 0.0438. The number of piperidine rings is 1. The maximum atomic E-state index is 12.8. The molecule has 2 amide bonds. The highest BCUT2D eigenvalue weighted by Crippen LogP contribution is 2.25. The largest absolute Gasteiger partial charge is 0.393 e. The van der Waals surface area contributed by atoms with E-state index < -0.39 is 6.04 Å². The van der Waals surface area contributed by atoms with Crippen molar-refractivity contribution in [2.75, 3.05) is 13.1 Å². The van der Waals surface area contributed by atoms with Crippen molar-refractivity contribution in [1.82, 2.24) is 10.2 Å². The fourth-order valence-electron chi connectivity index (χ4n) is 3.25. The number of nitrogens with one attached hydrogen (secondary N) is 1. The first kappa shape index (κ1) is 18.5. The zero-order valence-corrected chi connectivity index (χ0v) is 14.6. The maximum Gasteiger partial charge on any atom is 0.247 e. The van der Waals surface area contributed by atoms with Gasteiger partial charge < -0.3 is 15.3 Å². The summed E-state index contributed by atoms with van der Waals surface area (Å²) in [7, 11) is 0. The van der Waals surface area contributed by atoms with Gasteiger partial charge in [0.05, 0.1) is 6.10 Å². The summed E-state index contributed by atoms with van der Waals surface area (Å²) >= 11 is 0. The van der Waals surface area contributed by atoms with Crippen molar-refractivity contribution in [2.24, 2.45) is 5.92 Å². The summed E-state index contributed by atoms with van der Waals surface area (Å²) in [6.07, 6.45) is 2.59. The van der Waals surface area contributed by atoms with Crippen LogP contribution in [0.3, 0.4) is 0 Å². The third-order valence-electron chi connectivity index (χ3n) is 4.40. The van der Waals surface area contributed by atoms with E-state index in [1.54, 1.807) is 11.8 Å². The second kappa shape index (κ2) is 8.83. The highest BCUT2D eigenvalue weighted by molar-refractivity contribution is 5.89. The van der Waals surface area contributed by atoms with Gasteiger partial charge in [-0.2, -0.15) is 0 Å². The SMILES string of the molecule is CC(O)CC(C)CNC(=O)C(c1ccccc1)N1CCCCC1=O. The lowest BCUT2D eigenvalue weighted by Crippen LogP contribution is -2.46. The fraction of sp³-hybridized carbons (Fsp3) is 0.579. The first-order valence-corrected chi connectivity index (χ1v) is 8.79. The monoisotopic (exact) mass is 332 g/mol. The van der Waals surface area contributed by atoms with Crippen molar-refractivity contribution < 1.29 is 14.7 Å². The molecule has 2 rings (SSSR count). The molecule has 132 valence electrons. The van der Waals surface area contributed by atoms with E-state index in [0.717, 1.165) is 18.4 Å². The first-order valence-electron chi connectivity index (χ1n) is 8.79. The molecule has 1 aliphatic rings. The molecule has 0 spiro atoms. The lowest BCUT2D eigenvalue weighted by Gasteiger charge is -2.34. The molecule has 0 aliphatic carbocycles. The highest BCUT2D eigenvalue weighted by Gasteiger charge is 2.32. The molecule has 1 aromatic carbocycles. The molecular weight excluding hydrogens is 304 g/mol. The van der Waals surface area contributed by atoms with E-state index >= 15 is 0 Å². The Morgan fingerprint density at radius 3 is 2.58 bits per heavy atom. The third-order valence-corrected chi connectivity index (χ3v) is 4.40. The number of carbonyl (C=O) groups is 2. The lowest BCUT2D eigenvalue weighted by molar-refractivity contribution is -0.142. The summed E-state index contributed by atoms with van der Waals surface area (Å²) in [6.45, 7) is 4.86. The van der Waals surface area contributed by atoms with E-state index in [0.29, 0.717) is 25.9 Å². The number of carbonyl (C=O) groups excluding carboxylic acids is 2. The number of aliphatic hydroxyl groups excluding tert-OH is 1. The summed E-state index contributed by atoms with van der Waals surface area (Å²) in [5.41, 5.74) is 0.841. The standard InChI is InChI=1S/C19H28N2O3/c1-14(12-15(2)22)13-20-19(24)18(16-8-4-3-5-9-16)21-11-7-6-10-17(21)23/h3-5,8-9,14-15,18,22H,6-7,10-13H2,1-2H3,(H,20,24). The van der Waals surface area contributed by atoms with Gasteiger partial charge in [0.25, 0.3) is 0 Å². The van der Waals surface area contributed by atoms with Crippen LogP contribution in [0.5, 0.6) is 0 Å². The predicted molar refractivity (Wildman–Crippen MR) is 93.2 cm³/mol. The first-order chi connectivity index (χ1) is 11.5. The zero-order valence-electron chi connectivity index (χ0n) is 14.6. The summed E-state index contributed by atoms with van der Waals surface area (Å²) in [6, 6.07) is 8.90. The number of likely N-dealkylation sites (tertiary alicyclic amines) is 1. The number of hydrogen-bond donors (Lipinski definition) is 2. The van der Waals surface area contributed by atoms with Gasteiger partial charge in [0.1, 0.15) is 6.04 Å². The molecule has 0 aromatic heterocycles. The van der Waals surface area contributed by atoms with E-state index in [2.05, 4.69) is 5.32 Å². The molecule has 1 heterocycles. The molecular formula is C19H28N2O3. The van der Waals surface area contributed by atoms with Gasteiger partial charge in [-0.1, -0.05) is 37.3 Å². The van der Waals surface area contributed by atoms with Gasteiger partial charge in [-0.15, -0.1) is 0 Å². The van der Waals surface area contributed by atoms with Crippen LogP contribution in [-0.4, -0.2) is 41.0 Å². The number of hydrogen-bond acceptors (Lipinski definition) is 3. The second-order valence-corrected chi connectivity index (χ2v) is 6.79. The van der Waals surface area contributed by atoms with Crippen molar-refractivity contribution in [3.63, 3.8) is 0 Å². The average molecular weight is 332 g/mol. The third kappa shape index (κ3) is 5.06. The Balaban J connectivity index is 2.10. The Hall–Kier alpha value is -1.88. The van der Waals surface area contributed by atoms with Crippen molar-refractivity contribution in [1.29, 1.82) is 0 Å². The molecule has 5 nitrogen and oxygen atoms in total. The molecule has 0 saturated carbocycles. The van der Waals surface area contributed by atoms with Gasteiger partial charge in [-0.25, -0.2) is 0 Å². The van der Waals surface area contributed by atoms with Gasteiger partial charge in [0, 0.05) is 19.5 Å². The summed E-state index contributed by atoms with van der Waals surface area (Å²) in [5.74, 6) is 0.0820. The molecule has 3 atom stereocenters. The van der Waals surface area contributed by atoms with E-state index in [9.17, 15) is 14.7 Å². The molecule has 2 N–H and O–H groups in total. The van der Waals surface area contributed by atoms with Gasteiger partial charge in [-0.3, -0.25) is 9.59 Å². The van der Waals surface area contributed by atoms with Gasteiger partial charge in [0.15, 0.2) is 0 Å². The summed E-state index contributed by atoms with van der Waals surface area (Å²) in [5, 5.41) is 12.4. The fourth-order valence-corrected chi connectivity index (χ4v) is 3.25. The number of nitrogens with zero attached hydrogens (tertiary/aromatic N) is 1. The number of amides is 2. The summed E-state index contributed by atoms with van der Waals surface area (Å²) < 4.78 is 0. The number of benzene rings is 1. The van der Waals surface area contributed by atoms with E-state index in [-0.39, 0.29) is 23.8 Å². The molecule has 1 saturated heterocycles. The Kier molecular flexibility index (Phi) is 6.79. The molecule has 0 radical (unpaired) electrons. The number of rotatable bonds is 7. The van der Waals surface area contributed by atoms with E-state index in [1.807, 2.05) is 37.3 Å². The van der Waals surface area contributed by atoms with Crippen LogP contribution >= 0.6 is 0 Å². The van der Waals surface area contributed by atoms with Crippen molar-refractivity contribution in [3.05, 3.63) is 35.9 Å². The van der Waals surface area contributed by atoms with Gasteiger partial charge >= 0.3 is 0 Å². The topological polar surface area (TPSA) is 69.6 Å². The smallest absolute Gasteiger partial charge is 0.247 e. The maximum absolute atomic E-state index is 12.8. The minimum atomic E-state index is -0.572. The second-order valence-electron chi connectivity index (χ2n) is 6.79. The minimum Gasteiger partial charge on any atom is -0.393 e. The van der Waals surface area contributed by atoms with Crippen molar-refractivity contribution >= 4 is 11.8 Å². The molecule has 3 unspecified atom stereocenters. The van der Waals surface area contributed by atoms with Crippen LogP contribution in [0.25, 0.3) is 0 Å². The molecule has 1 aromatic rings. The van der Waals surface area contributed by atoms with Crippen LogP contribution in [0.15, 0.2) is 30.3 Å². The van der Waals surface area contributed by atoms with Crippen LogP contribution in [-0.2, 0) is 9.59 Å². The molecule has 24 heavy (non-hydrogen) atoms. The van der Waals surface area contributed by atoms with Crippen LogP contribution in [0, 0.1) is 5.92 Å². The van der Waals surface area contributed by atoms with Gasteiger partial charge in [0.2, 0.25) is 11.8 Å². The normalized spacial score (nSPS) is 18.8. The molecule has 1 aliphatic heterocycles. The zero-order chi connectivity index (χ0) is 17.5. The predicted octanol–water partition coefficient (Wildman–Crippen LogP) is 2.26. The Morgan fingerprint density at radius 1 is 1.25 bits per heavy atom. The van der Waals surface area contributed by atoms with Crippen molar-refractivity contribution in [2.45, 2.75) is 51.7 Å². The van der Waals surface area contributed by atoms with Crippen LogP contribution < -0.4 is 5.32 Å². The van der Waals surface area contributed by atoms with E-state index in [1.165, 1.54) is 0 Å². The lowest BCUT2D eigenvalue weighted by atomic mass is 9.99. The Bertz CT molecular complexity index is 545. The summed E-state index contributed by atoms with van der Waals surface area (Å²) in [4.78, 5) is 26.8. The quantitative estimate of drug-likeness (QED) is 0.805. The number of aliphatic hydroxyl groups is 1. The van der Waals surface area contributed by atoms with Crippen LogP contribution in [0.2, 0.25) is 0 Å². The average Bonchev–Trinajstić information content (AvgIpc) is 2.55. The van der Waals surface area contributed by atoms with Gasteiger partial charge in [-0.05, 0) is 37.7 Å². The van der Waals surface area contributed by atoms with Crippen LogP contribution in [0.4, 0.5) is 0 Å². The highest BCUT2D eigenvalue weighted by atomic mass is 16.3. The molecule has 0 bridgehead atoms. The van der Waals surface area contributed by atoms with E-state index in [4.69, 9.17) is 0 Å².